The van der Waals surface area contributed by atoms with Gasteiger partial charge in [-0.15, -0.1) is 5.10 Å². The van der Waals surface area contributed by atoms with Crippen LogP contribution < -0.4 is 10.6 Å². The maximum absolute atomic E-state index is 5.38. The number of hydrogen-bond donors (Lipinski definition) is 2. The fourth-order valence-corrected chi connectivity index (χ4v) is 2.62. The van der Waals surface area contributed by atoms with Crippen molar-refractivity contribution in [2.75, 3.05) is 23.8 Å². The Morgan fingerprint density at radius 2 is 2.17 bits per heavy atom. The van der Waals surface area contributed by atoms with Gasteiger partial charge in [0.2, 0.25) is 5.95 Å². The normalized spacial score (nSPS) is 17.5. The summed E-state index contributed by atoms with van der Waals surface area (Å²) in [7, 11) is 0. The van der Waals surface area contributed by atoms with Crippen molar-refractivity contribution < 1.29 is 4.74 Å². The molecule has 3 heterocycles. The van der Waals surface area contributed by atoms with Crippen LogP contribution in [0.25, 0.3) is 5.65 Å². The Labute approximate surface area is 133 Å². The maximum atomic E-state index is 5.38. The summed E-state index contributed by atoms with van der Waals surface area (Å²) in [5.41, 5.74) is 1.91. The van der Waals surface area contributed by atoms with Crippen LogP contribution in [0.1, 0.15) is 12.0 Å². The zero-order valence-corrected chi connectivity index (χ0v) is 12.6. The lowest BCUT2D eigenvalue weighted by atomic mass is 10.2. The van der Waals surface area contributed by atoms with Crippen molar-refractivity contribution in [3.05, 3.63) is 48.3 Å². The molecule has 1 atom stereocenters. The number of ether oxygens (including phenoxy) is 1. The molecule has 0 saturated carbocycles. The molecule has 1 fully saturated rings. The van der Waals surface area contributed by atoms with Crippen molar-refractivity contribution in [3.63, 3.8) is 0 Å². The fourth-order valence-electron chi connectivity index (χ4n) is 2.62. The summed E-state index contributed by atoms with van der Waals surface area (Å²) in [6.07, 6.45) is 4.51. The van der Waals surface area contributed by atoms with Gasteiger partial charge in [0.05, 0.1) is 12.6 Å². The smallest absolute Gasteiger partial charge is 0.243 e. The quantitative estimate of drug-likeness (QED) is 0.750. The number of fused-ring (bicyclic) bond motifs is 1. The minimum atomic E-state index is 0.262. The molecule has 0 spiro atoms. The molecule has 0 amide bonds. The molecular formula is C16H18N6O. The average Bonchev–Trinajstić information content (AvgIpc) is 3.25. The summed E-state index contributed by atoms with van der Waals surface area (Å²) in [5.74, 6) is 1.30. The molecule has 0 radical (unpaired) electrons. The van der Waals surface area contributed by atoms with Gasteiger partial charge in [-0.2, -0.15) is 4.98 Å². The largest absolute Gasteiger partial charge is 0.379 e. The first-order valence-corrected chi connectivity index (χ1v) is 7.72. The fraction of sp³-hybridized carbons (Fsp3) is 0.312. The van der Waals surface area contributed by atoms with Gasteiger partial charge >= 0.3 is 0 Å². The Morgan fingerprint density at radius 1 is 1.26 bits per heavy atom. The van der Waals surface area contributed by atoms with E-state index in [1.807, 2.05) is 24.4 Å². The zero-order chi connectivity index (χ0) is 15.5. The number of anilines is 2. The molecule has 118 valence electrons. The molecule has 23 heavy (non-hydrogen) atoms. The van der Waals surface area contributed by atoms with E-state index in [0.717, 1.165) is 18.8 Å². The van der Waals surface area contributed by atoms with Gasteiger partial charge < -0.3 is 15.4 Å². The molecule has 0 unspecified atom stereocenters. The minimum absolute atomic E-state index is 0.262. The van der Waals surface area contributed by atoms with Gasteiger partial charge in [-0.1, -0.05) is 30.3 Å². The van der Waals surface area contributed by atoms with Crippen molar-refractivity contribution in [3.8, 4) is 0 Å². The summed E-state index contributed by atoms with van der Waals surface area (Å²) in [6, 6.07) is 10.5. The molecule has 1 aliphatic rings. The Kier molecular flexibility index (Phi) is 3.77. The third kappa shape index (κ3) is 3.09. The van der Waals surface area contributed by atoms with E-state index in [4.69, 9.17) is 4.74 Å². The van der Waals surface area contributed by atoms with Gasteiger partial charge in [-0.05, 0) is 12.0 Å². The summed E-state index contributed by atoms with van der Waals surface area (Å²) >= 11 is 0. The summed E-state index contributed by atoms with van der Waals surface area (Å²) < 4.78 is 7.12. The molecule has 2 N–H and O–H groups in total. The molecule has 3 aromatic rings. The summed E-state index contributed by atoms with van der Waals surface area (Å²) in [4.78, 5) is 8.91. The number of nitrogens with zero attached hydrogens (tertiary/aromatic N) is 4. The van der Waals surface area contributed by atoms with Gasteiger partial charge in [0.1, 0.15) is 0 Å². The Hall–Kier alpha value is -2.67. The molecule has 1 aromatic carbocycles. The molecule has 0 bridgehead atoms. The molecule has 2 aromatic heterocycles. The van der Waals surface area contributed by atoms with Crippen molar-refractivity contribution in [2.24, 2.45) is 0 Å². The second kappa shape index (κ2) is 6.21. The Bertz CT molecular complexity index is 782. The molecule has 4 rings (SSSR count). The highest BCUT2D eigenvalue weighted by molar-refractivity contribution is 5.63. The van der Waals surface area contributed by atoms with Crippen LogP contribution in [0.3, 0.4) is 0 Å². The van der Waals surface area contributed by atoms with E-state index >= 15 is 0 Å². The SMILES string of the molecule is c1ccc(CNc2nc(N[C@@H]3CCOC3)nn3ccnc23)cc1. The molecule has 7 nitrogen and oxygen atoms in total. The number of benzene rings is 1. The average molecular weight is 310 g/mol. The highest BCUT2D eigenvalue weighted by atomic mass is 16.5. The number of imidazole rings is 1. The van der Waals surface area contributed by atoms with Crippen LogP contribution in [0.4, 0.5) is 11.8 Å². The molecular weight excluding hydrogens is 292 g/mol. The predicted octanol–water partition coefficient (Wildman–Crippen LogP) is 1.94. The van der Waals surface area contributed by atoms with Gasteiger partial charge in [0.25, 0.3) is 0 Å². The molecule has 1 saturated heterocycles. The highest BCUT2D eigenvalue weighted by Gasteiger charge is 2.17. The van der Waals surface area contributed by atoms with E-state index in [9.17, 15) is 0 Å². The third-order valence-corrected chi connectivity index (χ3v) is 3.82. The van der Waals surface area contributed by atoms with Crippen LogP contribution in [0, 0.1) is 0 Å². The van der Waals surface area contributed by atoms with Gasteiger partial charge in [0, 0.05) is 25.5 Å². The second-order valence-electron chi connectivity index (χ2n) is 5.52. The van der Waals surface area contributed by atoms with Crippen LogP contribution >= 0.6 is 0 Å². The van der Waals surface area contributed by atoms with Crippen molar-refractivity contribution in [1.29, 1.82) is 0 Å². The first-order valence-electron chi connectivity index (χ1n) is 7.72. The highest BCUT2D eigenvalue weighted by Crippen LogP contribution is 2.17. The first-order chi connectivity index (χ1) is 11.4. The van der Waals surface area contributed by atoms with Gasteiger partial charge in [0.15, 0.2) is 11.5 Å². The Balaban J connectivity index is 1.57. The number of aromatic nitrogens is 4. The Morgan fingerprint density at radius 3 is 3.00 bits per heavy atom. The van der Waals surface area contributed by atoms with E-state index in [1.54, 1.807) is 10.7 Å². The number of rotatable bonds is 5. The summed E-state index contributed by atoms with van der Waals surface area (Å²) in [6.45, 7) is 2.16. The third-order valence-electron chi connectivity index (χ3n) is 3.82. The van der Waals surface area contributed by atoms with Crippen LogP contribution in [0.5, 0.6) is 0 Å². The van der Waals surface area contributed by atoms with E-state index in [1.165, 1.54) is 5.56 Å². The van der Waals surface area contributed by atoms with E-state index in [0.29, 0.717) is 24.7 Å². The molecule has 7 heteroatoms. The van der Waals surface area contributed by atoms with Crippen molar-refractivity contribution >= 4 is 17.4 Å². The lowest BCUT2D eigenvalue weighted by Crippen LogP contribution is -2.22. The number of hydrogen-bond acceptors (Lipinski definition) is 6. The second-order valence-corrected chi connectivity index (χ2v) is 5.52. The standard InChI is InChI=1S/C16H18N6O/c1-2-4-12(5-3-1)10-18-14-15-17-7-8-22(15)21-16(20-14)19-13-6-9-23-11-13/h1-5,7-8,13H,6,9-11H2,(H2,18,19,20,21)/t13-/m1/s1. The maximum Gasteiger partial charge on any atom is 0.243 e. The van der Waals surface area contributed by atoms with Gasteiger partial charge in [-0.25, -0.2) is 9.50 Å². The lowest BCUT2D eigenvalue weighted by Gasteiger charge is -2.13. The minimum Gasteiger partial charge on any atom is -0.379 e. The van der Waals surface area contributed by atoms with Gasteiger partial charge in [-0.3, -0.25) is 0 Å². The first kappa shape index (κ1) is 14.0. The molecule has 0 aliphatic carbocycles. The summed E-state index contributed by atoms with van der Waals surface area (Å²) in [5, 5.41) is 11.1. The van der Waals surface area contributed by atoms with Crippen LogP contribution in [-0.2, 0) is 11.3 Å². The van der Waals surface area contributed by atoms with Crippen LogP contribution in [-0.4, -0.2) is 38.8 Å². The molecule has 1 aliphatic heterocycles. The van der Waals surface area contributed by atoms with Crippen molar-refractivity contribution in [2.45, 2.75) is 19.0 Å². The van der Waals surface area contributed by atoms with E-state index < -0.39 is 0 Å². The van der Waals surface area contributed by atoms with E-state index in [-0.39, 0.29) is 6.04 Å². The van der Waals surface area contributed by atoms with Crippen molar-refractivity contribution in [1.82, 2.24) is 19.6 Å². The van der Waals surface area contributed by atoms with E-state index in [2.05, 4.69) is 37.8 Å². The lowest BCUT2D eigenvalue weighted by molar-refractivity contribution is 0.195. The number of nitrogens with one attached hydrogen (secondary N) is 2. The zero-order valence-electron chi connectivity index (χ0n) is 12.6. The van der Waals surface area contributed by atoms with Crippen LogP contribution in [0.2, 0.25) is 0 Å². The monoisotopic (exact) mass is 310 g/mol. The van der Waals surface area contributed by atoms with Crippen LogP contribution in [0.15, 0.2) is 42.7 Å². The predicted molar refractivity (Wildman–Crippen MR) is 87.4 cm³/mol. The topological polar surface area (TPSA) is 76.4 Å².